The fourth-order valence-electron chi connectivity index (χ4n) is 5.28. The molecule has 1 saturated carbocycles. The van der Waals surface area contributed by atoms with Crippen molar-refractivity contribution >= 4 is 11.8 Å². The van der Waals surface area contributed by atoms with Crippen molar-refractivity contribution in [2.24, 2.45) is 5.92 Å². The molecule has 0 aromatic rings. The van der Waals surface area contributed by atoms with Crippen LogP contribution in [0.5, 0.6) is 0 Å². The molecule has 4 nitrogen and oxygen atoms in total. The molecule has 5 aliphatic rings. The van der Waals surface area contributed by atoms with E-state index in [0.29, 0.717) is 5.92 Å². The largest absolute Gasteiger partial charge is 0.369 e. The lowest BCUT2D eigenvalue weighted by atomic mass is 10.1. The Hall–Kier alpha value is -2.67. The van der Waals surface area contributed by atoms with Crippen LogP contribution in [0.4, 0.5) is 0 Å². The van der Waals surface area contributed by atoms with Crippen molar-refractivity contribution in [1.29, 1.82) is 0 Å². The topological polar surface area (TPSA) is 27.7 Å². The predicted octanol–water partition coefficient (Wildman–Crippen LogP) is 5.49. The smallest absolute Gasteiger partial charge is 0.110 e. The molecule has 2 aliphatic carbocycles. The Bertz CT molecular complexity index is 1240. The SMILES string of the molecule is C#C/C(=C\C=C1\CCNC1)CN(CC(C)C)C(=C1CC1)C1CN(CC2=C=CC3=CC=C=CC=C3S2)CCO1. The molecule has 1 N–H and O–H groups in total. The third-order valence-corrected chi connectivity index (χ3v) is 8.33. The maximum absolute atomic E-state index is 6.47. The zero-order valence-electron chi connectivity index (χ0n) is 22.8. The molecule has 1 atom stereocenters. The first-order valence-electron chi connectivity index (χ1n) is 13.9. The summed E-state index contributed by atoms with van der Waals surface area (Å²) in [6.45, 7) is 11.8. The lowest BCUT2D eigenvalue weighted by Gasteiger charge is -2.39. The van der Waals surface area contributed by atoms with E-state index in [1.807, 2.05) is 23.9 Å². The molecule has 1 unspecified atom stereocenters. The zero-order chi connectivity index (χ0) is 26.3. The van der Waals surface area contributed by atoms with Gasteiger partial charge in [0.15, 0.2) is 0 Å². The number of nitrogens with one attached hydrogen (secondary N) is 1. The summed E-state index contributed by atoms with van der Waals surface area (Å²) in [7, 11) is 0. The Labute approximate surface area is 232 Å². The number of terminal acetylenes is 1. The van der Waals surface area contributed by atoms with E-state index < -0.39 is 0 Å². The Morgan fingerprint density at radius 1 is 1.32 bits per heavy atom. The van der Waals surface area contributed by atoms with Gasteiger partial charge in [0.2, 0.25) is 0 Å². The zero-order valence-corrected chi connectivity index (χ0v) is 23.6. The number of fused-ring (bicyclic) bond motifs is 1. The summed E-state index contributed by atoms with van der Waals surface area (Å²) in [6, 6.07) is 0. The number of nitrogens with zero attached hydrogens (tertiary/aromatic N) is 2. The summed E-state index contributed by atoms with van der Waals surface area (Å²) >= 11 is 1.82. The molecule has 5 rings (SSSR count). The van der Waals surface area contributed by atoms with Crippen molar-refractivity contribution < 1.29 is 4.74 Å². The Morgan fingerprint density at radius 2 is 2.18 bits per heavy atom. The van der Waals surface area contributed by atoms with Gasteiger partial charge in [-0.3, -0.25) is 4.90 Å². The molecule has 3 aliphatic heterocycles. The van der Waals surface area contributed by atoms with Crippen LogP contribution >= 0.6 is 11.8 Å². The highest BCUT2D eigenvalue weighted by Crippen LogP contribution is 2.38. The highest BCUT2D eigenvalue weighted by Gasteiger charge is 2.33. The minimum Gasteiger partial charge on any atom is -0.369 e. The first-order chi connectivity index (χ1) is 18.6. The summed E-state index contributed by atoms with van der Waals surface area (Å²) in [6.07, 6.45) is 24.2. The molecule has 0 bridgehead atoms. The predicted molar refractivity (Wildman–Crippen MR) is 159 cm³/mol. The Kier molecular flexibility index (Phi) is 9.15. The first kappa shape index (κ1) is 26.9. The van der Waals surface area contributed by atoms with Crippen LogP contribution in [0.3, 0.4) is 0 Å². The van der Waals surface area contributed by atoms with Crippen LogP contribution < -0.4 is 5.32 Å². The molecule has 198 valence electrons. The number of allylic oxidation sites excluding steroid dienone is 7. The summed E-state index contributed by atoms with van der Waals surface area (Å²) in [5, 5.41) is 3.41. The van der Waals surface area contributed by atoms with Crippen molar-refractivity contribution in [2.75, 3.05) is 52.4 Å². The number of morpholine rings is 1. The minimum absolute atomic E-state index is 0.0780. The molecule has 0 amide bonds. The highest BCUT2D eigenvalue weighted by atomic mass is 32.2. The number of ether oxygens (including phenoxy) is 1. The minimum atomic E-state index is 0.0780. The van der Waals surface area contributed by atoms with Crippen LogP contribution in [-0.4, -0.2) is 68.3 Å². The molecular formula is C33H39N3OS. The standard InChI is InChI=1S/C33H39N3OS/c1-4-26(10-11-27-16-17-34-20-27)22-36(21-25(2)3)33(29-12-13-29)31-24-35(18-19-37-31)23-30-15-14-28-8-6-5-7-9-32(28)38-30/h1,6-11,14,25,31,34H,12-13,16-24H2,2-3H3/b26-10+,27-11-. The van der Waals surface area contributed by atoms with Gasteiger partial charge in [0.1, 0.15) is 6.10 Å². The van der Waals surface area contributed by atoms with E-state index in [1.54, 1.807) is 0 Å². The second-order valence-corrected chi connectivity index (χ2v) is 12.0. The van der Waals surface area contributed by atoms with Crippen molar-refractivity contribution in [2.45, 2.75) is 39.2 Å². The number of thioether (sulfide) groups is 1. The van der Waals surface area contributed by atoms with Crippen LogP contribution in [0.25, 0.3) is 0 Å². The fraction of sp³-hybridized carbons (Fsp3) is 0.455. The number of rotatable bonds is 9. The van der Waals surface area contributed by atoms with E-state index in [2.05, 4.69) is 76.7 Å². The second-order valence-electron chi connectivity index (χ2n) is 10.9. The van der Waals surface area contributed by atoms with Crippen molar-refractivity contribution in [3.8, 4) is 12.3 Å². The highest BCUT2D eigenvalue weighted by molar-refractivity contribution is 8.07. The van der Waals surface area contributed by atoms with Gasteiger partial charge in [0.05, 0.1) is 13.2 Å². The molecule has 0 radical (unpaired) electrons. The van der Waals surface area contributed by atoms with E-state index in [4.69, 9.17) is 11.2 Å². The van der Waals surface area contributed by atoms with E-state index in [1.165, 1.54) is 45.1 Å². The second kappa shape index (κ2) is 12.9. The molecule has 0 aromatic carbocycles. The van der Waals surface area contributed by atoms with E-state index in [0.717, 1.165) is 64.4 Å². The quantitative estimate of drug-likeness (QED) is 0.317. The maximum atomic E-state index is 6.47. The van der Waals surface area contributed by atoms with Gasteiger partial charge < -0.3 is 15.0 Å². The van der Waals surface area contributed by atoms with Crippen molar-refractivity contribution in [3.05, 3.63) is 91.8 Å². The summed E-state index contributed by atoms with van der Waals surface area (Å²) in [5.74, 6) is 3.52. The van der Waals surface area contributed by atoms with Gasteiger partial charge in [0, 0.05) is 53.8 Å². The Morgan fingerprint density at radius 3 is 2.95 bits per heavy atom. The molecule has 5 heteroatoms. The molecule has 0 aromatic heterocycles. The average molecular weight is 526 g/mol. The molecular weight excluding hydrogens is 486 g/mol. The van der Waals surface area contributed by atoms with Gasteiger partial charge in [-0.1, -0.05) is 43.2 Å². The summed E-state index contributed by atoms with van der Waals surface area (Å²) in [4.78, 5) is 7.59. The lowest BCUT2D eigenvalue weighted by molar-refractivity contribution is -0.0187. The van der Waals surface area contributed by atoms with Gasteiger partial charge >= 0.3 is 0 Å². The van der Waals surface area contributed by atoms with Crippen molar-refractivity contribution in [3.63, 3.8) is 0 Å². The lowest BCUT2D eigenvalue weighted by Crippen LogP contribution is -2.47. The number of hydrogen-bond donors (Lipinski definition) is 1. The number of hydrogen-bond acceptors (Lipinski definition) is 5. The van der Waals surface area contributed by atoms with Crippen LogP contribution in [0.2, 0.25) is 0 Å². The first-order valence-corrected chi connectivity index (χ1v) is 14.7. The molecule has 3 fully saturated rings. The van der Waals surface area contributed by atoms with Gasteiger partial charge in [-0.05, 0) is 79.3 Å². The maximum Gasteiger partial charge on any atom is 0.110 e. The molecule has 0 spiro atoms. The van der Waals surface area contributed by atoms with Crippen molar-refractivity contribution in [1.82, 2.24) is 15.1 Å². The monoisotopic (exact) mass is 525 g/mol. The van der Waals surface area contributed by atoms with Crippen LogP contribution in [0, 0.1) is 18.3 Å². The van der Waals surface area contributed by atoms with E-state index in [-0.39, 0.29) is 6.10 Å². The van der Waals surface area contributed by atoms with Crippen LogP contribution in [0.15, 0.2) is 91.8 Å². The summed E-state index contributed by atoms with van der Waals surface area (Å²) in [5.41, 5.74) is 13.3. The summed E-state index contributed by atoms with van der Waals surface area (Å²) < 4.78 is 6.47. The van der Waals surface area contributed by atoms with Crippen LogP contribution in [0.1, 0.15) is 33.1 Å². The average Bonchev–Trinajstić information content (AvgIpc) is 3.65. The molecule has 2 saturated heterocycles. The fourth-order valence-corrected chi connectivity index (χ4v) is 6.29. The van der Waals surface area contributed by atoms with Gasteiger partial charge in [-0.2, -0.15) is 0 Å². The van der Waals surface area contributed by atoms with Gasteiger partial charge in [-0.15, -0.1) is 17.9 Å². The molecule has 38 heavy (non-hydrogen) atoms. The van der Waals surface area contributed by atoms with Gasteiger partial charge in [0.25, 0.3) is 0 Å². The third-order valence-electron chi connectivity index (χ3n) is 7.25. The molecule has 3 heterocycles. The van der Waals surface area contributed by atoms with Crippen LogP contribution in [-0.2, 0) is 4.74 Å². The van der Waals surface area contributed by atoms with Gasteiger partial charge in [-0.25, -0.2) is 0 Å². The van der Waals surface area contributed by atoms with E-state index >= 15 is 0 Å². The third kappa shape index (κ3) is 7.25. The Balaban J connectivity index is 1.31. The normalized spacial score (nSPS) is 24.1. The van der Waals surface area contributed by atoms with E-state index in [9.17, 15) is 0 Å².